The van der Waals surface area contributed by atoms with Crippen molar-refractivity contribution in [3.05, 3.63) is 94.0 Å². The van der Waals surface area contributed by atoms with Gasteiger partial charge in [0.2, 0.25) is 10.0 Å². The van der Waals surface area contributed by atoms with Crippen molar-refractivity contribution in [2.75, 3.05) is 23.8 Å². The van der Waals surface area contributed by atoms with Crippen LogP contribution in [0.1, 0.15) is 34.0 Å². The lowest BCUT2D eigenvalue weighted by molar-refractivity contribution is -0.145. The fraction of sp³-hybridized carbons (Fsp3) is 0.222. The first kappa shape index (κ1) is 28.5. The predicted molar refractivity (Wildman–Crippen MR) is 143 cm³/mol. The van der Waals surface area contributed by atoms with Gasteiger partial charge >= 0.3 is 5.97 Å². The molecule has 3 aromatic carbocycles. The van der Waals surface area contributed by atoms with Gasteiger partial charge in [-0.25, -0.2) is 13.2 Å². The van der Waals surface area contributed by atoms with Crippen LogP contribution in [-0.2, 0) is 32.6 Å². The summed E-state index contributed by atoms with van der Waals surface area (Å²) in [5.74, 6) is -0.833. The summed E-state index contributed by atoms with van der Waals surface area (Å²) in [5, 5.41) is 12.1. The molecule has 0 atom stereocenters. The maximum absolute atomic E-state index is 13.0. The zero-order valence-corrected chi connectivity index (χ0v) is 22.4. The summed E-state index contributed by atoms with van der Waals surface area (Å²) in [4.78, 5) is 24.7. The predicted octanol–water partition coefficient (Wildman–Crippen LogP) is 4.05. The highest BCUT2D eigenvalue weighted by atomic mass is 35.5. The molecule has 0 heterocycles. The minimum Gasteiger partial charge on any atom is -0.482 e. The summed E-state index contributed by atoms with van der Waals surface area (Å²) in [5.41, 5.74) is 1.99. The molecule has 0 fully saturated rings. The van der Waals surface area contributed by atoms with Crippen molar-refractivity contribution < 1.29 is 27.5 Å². The quantitative estimate of drug-likeness (QED) is 0.354. The molecule has 0 radical (unpaired) electrons. The van der Waals surface area contributed by atoms with Gasteiger partial charge in [-0.15, -0.1) is 0 Å². The molecule has 0 aliphatic rings. The molecule has 9 nitrogen and oxygen atoms in total. The molecule has 0 aliphatic carbocycles. The molecule has 0 aliphatic heterocycles. The third kappa shape index (κ3) is 7.96. The number of carbonyl (C=O) groups is 2. The number of anilines is 1. The number of ether oxygens (including phenoxy) is 2. The van der Waals surface area contributed by atoms with E-state index in [0.29, 0.717) is 11.1 Å². The number of benzene rings is 3. The molecule has 1 N–H and O–H groups in total. The molecular formula is C27H26ClN3O6S. The Labute approximate surface area is 226 Å². The number of hydrogen-bond donors (Lipinski definition) is 1. The molecule has 0 saturated heterocycles. The van der Waals surface area contributed by atoms with Gasteiger partial charge in [-0.05, 0) is 42.8 Å². The maximum atomic E-state index is 13.0. The van der Waals surface area contributed by atoms with Gasteiger partial charge in [0, 0.05) is 22.7 Å². The topological polar surface area (TPSA) is 126 Å². The maximum Gasteiger partial charge on any atom is 0.344 e. The average Bonchev–Trinajstić information content (AvgIpc) is 2.89. The van der Waals surface area contributed by atoms with Crippen molar-refractivity contribution in [3.8, 4) is 11.8 Å². The smallest absolute Gasteiger partial charge is 0.344 e. The summed E-state index contributed by atoms with van der Waals surface area (Å²) in [6.07, 6.45) is 1.08. The lowest BCUT2D eigenvalue weighted by Gasteiger charge is -2.23. The molecule has 0 unspecified atom stereocenters. The van der Waals surface area contributed by atoms with Crippen molar-refractivity contribution >= 4 is 39.2 Å². The highest BCUT2D eigenvalue weighted by Gasteiger charge is 2.21. The standard InChI is InChI=1S/C27H26ClN3O6S/c1-3-36-26(32)18-37-25-11-20(15-29)9-10-21(25)16-30-27(33)22-12-23(28)14-24(13-22)31(38(2,34)35)17-19-7-5-4-6-8-19/h4-14H,3,16-18H2,1-2H3,(H,30,33). The highest BCUT2D eigenvalue weighted by molar-refractivity contribution is 7.92. The first-order valence-electron chi connectivity index (χ1n) is 11.5. The van der Waals surface area contributed by atoms with Gasteiger partial charge in [0.1, 0.15) is 5.75 Å². The second-order valence-electron chi connectivity index (χ2n) is 8.16. The van der Waals surface area contributed by atoms with Gasteiger partial charge in [-0.2, -0.15) is 5.26 Å². The number of nitriles is 1. The van der Waals surface area contributed by atoms with Gasteiger partial charge < -0.3 is 14.8 Å². The third-order valence-corrected chi connectivity index (χ3v) is 6.65. The normalized spacial score (nSPS) is 10.8. The van der Waals surface area contributed by atoms with E-state index in [1.54, 1.807) is 43.3 Å². The van der Waals surface area contributed by atoms with Crippen LogP contribution in [0.2, 0.25) is 5.02 Å². The largest absolute Gasteiger partial charge is 0.482 e. The molecule has 0 aromatic heterocycles. The van der Waals surface area contributed by atoms with E-state index >= 15 is 0 Å². The third-order valence-electron chi connectivity index (χ3n) is 5.29. The van der Waals surface area contributed by atoms with Crippen LogP contribution in [0, 0.1) is 11.3 Å². The van der Waals surface area contributed by atoms with Crippen LogP contribution in [0.3, 0.4) is 0 Å². The van der Waals surface area contributed by atoms with E-state index in [0.717, 1.165) is 11.8 Å². The van der Waals surface area contributed by atoms with Crippen LogP contribution in [0.25, 0.3) is 0 Å². The number of sulfonamides is 1. The SMILES string of the molecule is CCOC(=O)COc1cc(C#N)ccc1CNC(=O)c1cc(Cl)cc(N(Cc2ccccc2)S(C)(=O)=O)c1. The van der Waals surface area contributed by atoms with Crippen LogP contribution in [-0.4, -0.2) is 39.8 Å². The highest BCUT2D eigenvalue weighted by Crippen LogP contribution is 2.27. The Morgan fingerprint density at radius 3 is 2.47 bits per heavy atom. The summed E-state index contributed by atoms with van der Waals surface area (Å²) in [6, 6.07) is 20.0. The number of esters is 1. The minimum atomic E-state index is -3.70. The Morgan fingerprint density at radius 1 is 1.08 bits per heavy atom. The molecule has 1 amide bonds. The molecule has 0 bridgehead atoms. The van der Waals surface area contributed by atoms with E-state index < -0.39 is 21.9 Å². The lowest BCUT2D eigenvalue weighted by Crippen LogP contribution is -2.30. The molecule has 0 saturated carbocycles. The van der Waals surface area contributed by atoms with Gasteiger partial charge in [0.25, 0.3) is 5.91 Å². The van der Waals surface area contributed by atoms with E-state index in [4.69, 9.17) is 21.1 Å². The van der Waals surface area contributed by atoms with Crippen molar-refractivity contribution in [3.63, 3.8) is 0 Å². The molecule has 0 spiro atoms. The summed E-state index contributed by atoms with van der Waals surface area (Å²) >= 11 is 6.27. The Kier molecular flexibility index (Phi) is 9.71. The van der Waals surface area contributed by atoms with Crippen molar-refractivity contribution in [1.82, 2.24) is 5.32 Å². The average molecular weight is 556 g/mol. The minimum absolute atomic E-state index is 0.00432. The Hall–Kier alpha value is -4.07. The Morgan fingerprint density at radius 2 is 1.82 bits per heavy atom. The van der Waals surface area contributed by atoms with E-state index in [2.05, 4.69) is 5.32 Å². The van der Waals surface area contributed by atoms with E-state index in [1.807, 2.05) is 12.1 Å². The second-order valence-corrected chi connectivity index (χ2v) is 10.5. The van der Waals surface area contributed by atoms with Crippen molar-refractivity contribution in [2.45, 2.75) is 20.0 Å². The Bertz CT molecular complexity index is 1460. The summed E-state index contributed by atoms with van der Waals surface area (Å²) in [7, 11) is -3.70. The van der Waals surface area contributed by atoms with E-state index in [9.17, 15) is 23.3 Å². The molecular weight excluding hydrogens is 530 g/mol. The number of nitrogens with one attached hydrogen (secondary N) is 1. The first-order valence-corrected chi connectivity index (χ1v) is 13.7. The number of rotatable bonds is 11. The molecule has 38 heavy (non-hydrogen) atoms. The van der Waals surface area contributed by atoms with Crippen LogP contribution in [0.4, 0.5) is 5.69 Å². The zero-order valence-electron chi connectivity index (χ0n) is 20.8. The number of amides is 1. The molecule has 3 rings (SSSR count). The fourth-order valence-electron chi connectivity index (χ4n) is 3.52. The summed E-state index contributed by atoms with van der Waals surface area (Å²) < 4.78 is 36.7. The monoisotopic (exact) mass is 555 g/mol. The number of carbonyl (C=O) groups excluding carboxylic acids is 2. The second kappa shape index (κ2) is 12.9. The van der Waals surface area contributed by atoms with Gasteiger partial charge in [0.05, 0.1) is 36.7 Å². The number of nitrogens with zero attached hydrogens (tertiary/aromatic N) is 2. The molecule has 198 valence electrons. The molecule has 3 aromatic rings. The van der Waals surface area contributed by atoms with Crippen molar-refractivity contribution in [2.24, 2.45) is 0 Å². The van der Waals surface area contributed by atoms with Crippen LogP contribution in [0.5, 0.6) is 5.75 Å². The van der Waals surface area contributed by atoms with Crippen LogP contribution in [0.15, 0.2) is 66.7 Å². The van der Waals surface area contributed by atoms with E-state index in [-0.39, 0.29) is 48.3 Å². The van der Waals surface area contributed by atoms with Crippen LogP contribution < -0.4 is 14.4 Å². The number of halogens is 1. The Balaban J connectivity index is 1.81. The van der Waals surface area contributed by atoms with Crippen LogP contribution >= 0.6 is 11.6 Å². The van der Waals surface area contributed by atoms with Crippen molar-refractivity contribution in [1.29, 1.82) is 5.26 Å². The van der Waals surface area contributed by atoms with Gasteiger partial charge in [-0.1, -0.05) is 48.0 Å². The van der Waals surface area contributed by atoms with E-state index in [1.165, 1.54) is 28.6 Å². The van der Waals surface area contributed by atoms with Gasteiger partial charge in [0.15, 0.2) is 6.61 Å². The number of hydrogen-bond acceptors (Lipinski definition) is 7. The fourth-order valence-corrected chi connectivity index (χ4v) is 4.62. The van der Waals surface area contributed by atoms with Gasteiger partial charge in [-0.3, -0.25) is 9.10 Å². The molecule has 11 heteroatoms. The zero-order chi connectivity index (χ0) is 27.7. The lowest BCUT2D eigenvalue weighted by atomic mass is 10.1. The first-order chi connectivity index (χ1) is 18.1. The summed E-state index contributed by atoms with van der Waals surface area (Å²) in [6.45, 7) is 1.59.